The lowest BCUT2D eigenvalue weighted by molar-refractivity contribution is -0.117. The summed E-state index contributed by atoms with van der Waals surface area (Å²) in [5, 5.41) is 9.37. The molecule has 0 bridgehead atoms. The normalized spacial score (nSPS) is 10.4. The van der Waals surface area contributed by atoms with Crippen molar-refractivity contribution in [3.8, 4) is 0 Å². The van der Waals surface area contributed by atoms with E-state index in [2.05, 4.69) is 25.7 Å². The van der Waals surface area contributed by atoms with Crippen LogP contribution in [0.2, 0.25) is 0 Å². The van der Waals surface area contributed by atoms with Crippen molar-refractivity contribution in [2.45, 2.75) is 18.5 Å². The van der Waals surface area contributed by atoms with E-state index in [9.17, 15) is 9.59 Å². The van der Waals surface area contributed by atoms with Gasteiger partial charge in [-0.05, 0) is 12.5 Å². The number of urea groups is 1. The van der Waals surface area contributed by atoms with Crippen molar-refractivity contribution in [1.29, 1.82) is 0 Å². The van der Waals surface area contributed by atoms with E-state index in [1.165, 1.54) is 4.52 Å². The Morgan fingerprint density at radius 3 is 3.05 bits per heavy atom. The van der Waals surface area contributed by atoms with Crippen LogP contribution in [-0.2, 0) is 4.79 Å². The topological polar surface area (TPSA) is 101 Å². The number of hydrogen-bond acceptors (Lipinski definition) is 6. The zero-order chi connectivity index (χ0) is 14.4. The van der Waals surface area contributed by atoms with Gasteiger partial charge in [0.2, 0.25) is 11.1 Å². The number of hydrogen-bond donors (Lipinski definition) is 2. The van der Waals surface area contributed by atoms with E-state index in [-0.39, 0.29) is 5.75 Å². The average molecular weight is 294 g/mol. The smallest absolute Gasteiger partial charge is 0.321 e. The fraction of sp³-hybridized carbons (Fsp3) is 0.364. The fourth-order valence-corrected chi connectivity index (χ4v) is 1.97. The monoisotopic (exact) mass is 294 g/mol. The van der Waals surface area contributed by atoms with Crippen molar-refractivity contribution in [2.75, 3.05) is 12.3 Å². The van der Waals surface area contributed by atoms with Crippen LogP contribution in [0, 0.1) is 0 Å². The lowest BCUT2D eigenvalue weighted by Gasteiger charge is -2.04. The highest BCUT2D eigenvalue weighted by molar-refractivity contribution is 7.99. The number of thioether (sulfide) groups is 1. The van der Waals surface area contributed by atoms with Crippen LogP contribution < -0.4 is 10.6 Å². The minimum Gasteiger partial charge on any atom is -0.338 e. The van der Waals surface area contributed by atoms with Gasteiger partial charge in [0.05, 0.1) is 5.75 Å². The summed E-state index contributed by atoms with van der Waals surface area (Å²) in [6, 6.07) is 1.25. The molecule has 0 radical (unpaired) electrons. The zero-order valence-corrected chi connectivity index (χ0v) is 11.7. The molecular weight excluding hydrogens is 280 g/mol. The molecule has 9 heteroatoms. The third-order valence-corrected chi connectivity index (χ3v) is 3.06. The Kier molecular flexibility index (Phi) is 4.88. The van der Waals surface area contributed by atoms with Crippen LogP contribution in [0.25, 0.3) is 5.78 Å². The number of amides is 3. The van der Waals surface area contributed by atoms with E-state index >= 15 is 0 Å². The summed E-state index contributed by atoms with van der Waals surface area (Å²) in [5.41, 5.74) is 0. The van der Waals surface area contributed by atoms with Crippen LogP contribution in [0.15, 0.2) is 23.6 Å². The molecule has 0 unspecified atom stereocenters. The number of rotatable bonds is 5. The van der Waals surface area contributed by atoms with Crippen molar-refractivity contribution in [3.63, 3.8) is 0 Å². The zero-order valence-electron chi connectivity index (χ0n) is 10.9. The van der Waals surface area contributed by atoms with Gasteiger partial charge in [-0.3, -0.25) is 10.1 Å². The van der Waals surface area contributed by atoms with Crippen molar-refractivity contribution < 1.29 is 9.59 Å². The predicted molar refractivity (Wildman–Crippen MR) is 73.3 cm³/mol. The molecule has 0 aromatic carbocycles. The SMILES string of the molecule is CCCNC(=O)NC(=O)CSc1nc2ncccn2n1. The van der Waals surface area contributed by atoms with Gasteiger partial charge in [-0.15, -0.1) is 5.10 Å². The molecule has 106 valence electrons. The quantitative estimate of drug-likeness (QED) is 0.777. The van der Waals surface area contributed by atoms with Crippen LogP contribution in [0.1, 0.15) is 13.3 Å². The number of fused-ring (bicyclic) bond motifs is 1. The van der Waals surface area contributed by atoms with Gasteiger partial charge >= 0.3 is 6.03 Å². The van der Waals surface area contributed by atoms with Gasteiger partial charge in [-0.2, -0.15) is 4.98 Å². The van der Waals surface area contributed by atoms with E-state index in [1.54, 1.807) is 18.5 Å². The minimum atomic E-state index is -0.484. The largest absolute Gasteiger partial charge is 0.338 e. The first-order valence-corrected chi connectivity index (χ1v) is 7.05. The van der Waals surface area contributed by atoms with E-state index in [0.717, 1.165) is 18.2 Å². The van der Waals surface area contributed by atoms with Gasteiger partial charge < -0.3 is 5.32 Å². The van der Waals surface area contributed by atoms with E-state index in [4.69, 9.17) is 0 Å². The van der Waals surface area contributed by atoms with Crippen molar-refractivity contribution in [2.24, 2.45) is 0 Å². The van der Waals surface area contributed by atoms with Gasteiger partial charge in [0.15, 0.2) is 0 Å². The van der Waals surface area contributed by atoms with E-state index < -0.39 is 11.9 Å². The van der Waals surface area contributed by atoms with E-state index in [1.807, 2.05) is 6.92 Å². The maximum absolute atomic E-state index is 11.5. The molecule has 0 fully saturated rings. The summed E-state index contributed by atoms with van der Waals surface area (Å²) < 4.78 is 1.52. The number of imide groups is 1. The summed E-state index contributed by atoms with van der Waals surface area (Å²) in [5.74, 6) is 0.141. The molecule has 0 aliphatic heterocycles. The van der Waals surface area contributed by atoms with Crippen LogP contribution in [0.4, 0.5) is 4.79 Å². The third kappa shape index (κ3) is 3.92. The third-order valence-electron chi connectivity index (χ3n) is 2.22. The van der Waals surface area contributed by atoms with Crippen LogP contribution in [0.3, 0.4) is 0 Å². The van der Waals surface area contributed by atoms with Gasteiger partial charge in [-0.25, -0.2) is 14.3 Å². The second-order valence-corrected chi connectivity index (χ2v) is 4.79. The summed E-state index contributed by atoms with van der Waals surface area (Å²) >= 11 is 1.14. The molecule has 0 aliphatic rings. The van der Waals surface area contributed by atoms with Crippen molar-refractivity contribution in [1.82, 2.24) is 30.2 Å². The van der Waals surface area contributed by atoms with E-state index in [0.29, 0.717) is 17.5 Å². The molecule has 2 rings (SSSR count). The first kappa shape index (κ1) is 14.3. The predicted octanol–water partition coefficient (Wildman–Crippen LogP) is 0.452. The Morgan fingerprint density at radius 2 is 2.30 bits per heavy atom. The number of aromatic nitrogens is 4. The average Bonchev–Trinajstić information content (AvgIpc) is 2.85. The molecule has 8 nitrogen and oxygen atoms in total. The lowest BCUT2D eigenvalue weighted by atomic mass is 10.5. The number of nitrogens with zero attached hydrogens (tertiary/aromatic N) is 4. The lowest BCUT2D eigenvalue weighted by Crippen LogP contribution is -2.40. The molecule has 2 heterocycles. The fourth-order valence-electron chi connectivity index (χ4n) is 1.35. The number of carbonyl (C=O) groups excluding carboxylic acids is 2. The first-order valence-electron chi connectivity index (χ1n) is 6.07. The molecule has 0 aliphatic carbocycles. The Hall–Kier alpha value is -2.16. The Balaban J connectivity index is 1.82. The summed E-state index contributed by atoms with van der Waals surface area (Å²) in [4.78, 5) is 31.0. The van der Waals surface area contributed by atoms with Crippen molar-refractivity contribution in [3.05, 3.63) is 18.5 Å². The highest BCUT2D eigenvalue weighted by Crippen LogP contribution is 2.12. The van der Waals surface area contributed by atoms with Crippen molar-refractivity contribution >= 4 is 29.5 Å². The Morgan fingerprint density at radius 1 is 1.45 bits per heavy atom. The Bertz CT molecular complexity index is 581. The molecule has 3 amide bonds. The molecule has 2 aromatic rings. The van der Waals surface area contributed by atoms with Gasteiger partial charge in [0.25, 0.3) is 5.78 Å². The number of nitrogens with one attached hydrogen (secondary N) is 2. The molecule has 0 saturated heterocycles. The molecule has 0 atom stereocenters. The molecule has 0 saturated carbocycles. The highest BCUT2D eigenvalue weighted by atomic mass is 32.2. The molecule has 2 N–H and O–H groups in total. The van der Waals surface area contributed by atoms with Gasteiger partial charge in [0.1, 0.15) is 0 Å². The standard InChI is InChI=1S/C11H14N6O2S/c1-2-4-13-10(19)14-8(18)7-20-11-15-9-12-5-3-6-17(9)16-11/h3,5-6H,2,4,7H2,1H3,(H2,13,14,18,19). The summed E-state index contributed by atoms with van der Waals surface area (Å²) in [7, 11) is 0. The molecular formula is C11H14N6O2S. The highest BCUT2D eigenvalue weighted by Gasteiger charge is 2.10. The summed E-state index contributed by atoms with van der Waals surface area (Å²) in [6.45, 7) is 2.47. The summed E-state index contributed by atoms with van der Waals surface area (Å²) in [6.07, 6.45) is 4.15. The second-order valence-electron chi connectivity index (χ2n) is 3.85. The first-order chi connectivity index (χ1) is 9.69. The van der Waals surface area contributed by atoms with Crippen LogP contribution >= 0.6 is 11.8 Å². The number of carbonyl (C=O) groups is 2. The molecule has 20 heavy (non-hydrogen) atoms. The maximum Gasteiger partial charge on any atom is 0.321 e. The Labute approximate surface area is 119 Å². The molecule has 0 spiro atoms. The van der Waals surface area contributed by atoms with Gasteiger partial charge in [0, 0.05) is 18.9 Å². The maximum atomic E-state index is 11.5. The van der Waals surface area contributed by atoms with Gasteiger partial charge in [-0.1, -0.05) is 18.7 Å². The second kappa shape index (κ2) is 6.85. The van der Waals surface area contributed by atoms with Crippen LogP contribution in [-0.4, -0.2) is 43.8 Å². The molecule has 2 aromatic heterocycles. The minimum absolute atomic E-state index is 0.0659. The van der Waals surface area contributed by atoms with Crippen LogP contribution in [0.5, 0.6) is 0 Å².